The first-order valence-electron chi connectivity index (χ1n) is 6.25. The van der Waals surface area contributed by atoms with Crippen molar-refractivity contribution in [3.63, 3.8) is 0 Å². The number of rotatable bonds is 3. The molecule has 22 heavy (non-hydrogen) atoms. The van der Waals surface area contributed by atoms with Crippen LogP contribution in [-0.2, 0) is 24.7 Å². The van der Waals surface area contributed by atoms with Crippen LogP contribution in [0.15, 0.2) is 58.9 Å². The first-order valence-corrected chi connectivity index (χ1v) is 27.7. The molecule has 0 aromatic heterocycles. The summed E-state index contributed by atoms with van der Waals surface area (Å²) in [6.07, 6.45) is 3.61. The van der Waals surface area contributed by atoms with Gasteiger partial charge < -0.3 is 12.6 Å². The van der Waals surface area contributed by atoms with E-state index >= 15 is 0 Å². The third-order valence-corrected chi connectivity index (χ3v) is 3.21. The molecule has 0 heterocycles. The Balaban J connectivity index is 0.000000541. The van der Waals surface area contributed by atoms with E-state index in [9.17, 15) is 0 Å². The second kappa shape index (κ2) is 10.9. The second-order valence-electron chi connectivity index (χ2n) is 4.20. The van der Waals surface area contributed by atoms with Crippen molar-refractivity contribution in [2.75, 3.05) is 0 Å². The summed E-state index contributed by atoms with van der Waals surface area (Å²) >= 11 is 14.2. The molecule has 0 aliphatic carbocycles. The summed E-state index contributed by atoms with van der Waals surface area (Å²) in [4.78, 5) is 5.23. The minimum atomic E-state index is -1.16. The quantitative estimate of drug-likeness (QED) is 0.257. The summed E-state index contributed by atoms with van der Waals surface area (Å²) in [7, 11) is 0. The Kier molecular flexibility index (Phi) is 10.1. The van der Waals surface area contributed by atoms with E-state index in [2.05, 4.69) is 50.6 Å². The molecule has 2 aromatic carbocycles. The van der Waals surface area contributed by atoms with Crippen molar-refractivity contribution in [3.05, 3.63) is 65.7 Å². The van der Waals surface area contributed by atoms with Gasteiger partial charge in [0.15, 0.2) is 0 Å². The number of hydrogen-bond acceptors (Lipinski definition) is 2. The Labute approximate surface area is 162 Å². The van der Waals surface area contributed by atoms with E-state index in [1.165, 1.54) is 0 Å². The molecule has 2 rings (SSSR count). The number of aliphatic imine (C=N–C) groups is 1. The maximum atomic E-state index is 5.43. The van der Waals surface area contributed by atoms with E-state index in [-0.39, 0.29) is 0 Å². The van der Waals surface area contributed by atoms with Crippen molar-refractivity contribution in [1.82, 2.24) is 0 Å². The van der Waals surface area contributed by atoms with Gasteiger partial charge in [-0.3, -0.25) is 4.99 Å². The van der Waals surface area contributed by atoms with Gasteiger partial charge >= 0.3 is 51.1 Å². The minimum absolute atomic E-state index is 0.810. The normalized spacial score (nSPS) is 10.4. The number of hydrogen-bond donors (Lipinski definition) is 0. The number of aryl methyl sites for hydroxylation is 1. The van der Waals surface area contributed by atoms with Crippen molar-refractivity contribution in [1.29, 1.82) is 0 Å². The van der Waals surface area contributed by atoms with Gasteiger partial charge in [0.1, 0.15) is 0 Å². The molecule has 0 aliphatic heterocycles. The summed E-state index contributed by atoms with van der Waals surface area (Å²) in [5, 5.41) is 0. The summed E-state index contributed by atoms with van der Waals surface area (Å²) in [5.74, 6) is 0. The molecule has 0 N–H and O–H groups in total. The Morgan fingerprint density at radius 2 is 1.68 bits per heavy atom. The number of para-hydroxylation sites is 1. The topological polar surface area (TPSA) is 12.4 Å². The molecule has 0 atom stereocenters. The third kappa shape index (κ3) is 7.22. The standard InChI is InChI=1S/C16H15NS.3BrH.Ta/c1-3-15-12(2)9-10-13(16(15)18)11-17-14-7-5-4-6-8-14;;;;/h3-11,18H,1H2,2H3;3*1H;/q;;;;+3/p-4. The number of benzene rings is 2. The number of nitrogens with zero attached hydrogens (tertiary/aromatic N) is 1. The first kappa shape index (κ1) is 20.3. The van der Waals surface area contributed by atoms with Gasteiger partial charge in [-0.15, -0.1) is 0 Å². The molecule has 0 saturated carbocycles. The molecular formula is C16H14Br3NSTa-. The van der Waals surface area contributed by atoms with E-state index in [1.807, 2.05) is 55.6 Å². The summed E-state index contributed by atoms with van der Waals surface area (Å²) < 4.78 is 0. The third-order valence-electron chi connectivity index (χ3n) is 2.76. The van der Waals surface area contributed by atoms with Crippen LogP contribution in [0.3, 0.4) is 0 Å². The van der Waals surface area contributed by atoms with Crippen molar-refractivity contribution in [3.8, 4) is 0 Å². The SMILES string of the molecule is C=Cc1c(C)ccc(C=Nc2ccccc2)c1[S-].[Br][Ta]([Br])[Br]. The van der Waals surface area contributed by atoms with Gasteiger partial charge in [-0.25, -0.2) is 0 Å². The molecule has 1 nitrogen and oxygen atoms in total. The molecule has 0 saturated heterocycles. The van der Waals surface area contributed by atoms with E-state index in [4.69, 9.17) is 12.6 Å². The predicted molar refractivity (Wildman–Crippen MR) is 107 cm³/mol. The van der Waals surface area contributed by atoms with Crippen LogP contribution in [-0.4, -0.2) is 6.21 Å². The van der Waals surface area contributed by atoms with Gasteiger partial charge in [-0.1, -0.05) is 43.0 Å². The first-order chi connectivity index (χ1) is 10.5. The molecule has 0 radical (unpaired) electrons. The van der Waals surface area contributed by atoms with Gasteiger partial charge in [0, 0.05) is 6.21 Å². The van der Waals surface area contributed by atoms with E-state index in [0.29, 0.717) is 0 Å². The Morgan fingerprint density at radius 3 is 2.23 bits per heavy atom. The fourth-order valence-corrected chi connectivity index (χ4v) is 2.09. The summed E-state index contributed by atoms with van der Waals surface area (Å²) in [6, 6.07) is 13.9. The average molecular weight is 673 g/mol. The molecule has 0 spiro atoms. The van der Waals surface area contributed by atoms with Gasteiger partial charge in [0.25, 0.3) is 0 Å². The van der Waals surface area contributed by atoms with E-state index in [0.717, 1.165) is 27.3 Å². The van der Waals surface area contributed by atoms with E-state index in [1.54, 1.807) is 6.08 Å². The molecule has 0 fully saturated rings. The average Bonchev–Trinajstić information content (AvgIpc) is 2.47. The molecular weight excluding hydrogens is 659 g/mol. The zero-order valence-corrected chi connectivity index (χ0v) is 20.6. The van der Waals surface area contributed by atoms with Crippen LogP contribution in [0.5, 0.6) is 0 Å². The molecule has 0 amide bonds. The molecule has 2 aromatic rings. The predicted octanol–water partition coefficient (Wildman–Crippen LogP) is 6.83. The van der Waals surface area contributed by atoms with Crippen LogP contribution in [0, 0.1) is 6.92 Å². The fourth-order valence-electron chi connectivity index (χ4n) is 1.73. The second-order valence-corrected chi connectivity index (χ2v) is 46.8. The molecule has 0 aliphatic rings. The van der Waals surface area contributed by atoms with Crippen molar-refractivity contribution < 1.29 is 12.0 Å². The fraction of sp³-hybridized carbons (Fsp3) is 0.0625. The van der Waals surface area contributed by atoms with Crippen LogP contribution in [0.4, 0.5) is 5.69 Å². The van der Waals surface area contributed by atoms with Crippen LogP contribution < -0.4 is 0 Å². The monoisotopic (exact) mass is 670 g/mol. The molecule has 0 bridgehead atoms. The van der Waals surface area contributed by atoms with Crippen LogP contribution in [0.25, 0.3) is 6.08 Å². The summed E-state index contributed by atoms with van der Waals surface area (Å²) in [6.45, 7) is 5.83. The Hall–Kier alpha value is 0.250. The van der Waals surface area contributed by atoms with Crippen molar-refractivity contribution >= 4 is 69.7 Å². The van der Waals surface area contributed by atoms with Crippen LogP contribution in [0.1, 0.15) is 16.7 Å². The van der Waals surface area contributed by atoms with E-state index < -0.39 is 12.0 Å². The zero-order valence-electron chi connectivity index (χ0n) is 11.8. The number of halogens is 3. The molecule has 6 heteroatoms. The Morgan fingerprint density at radius 1 is 1.09 bits per heavy atom. The van der Waals surface area contributed by atoms with Gasteiger partial charge in [0.05, 0.1) is 5.69 Å². The van der Waals surface area contributed by atoms with Gasteiger partial charge in [0.2, 0.25) is 0 Å². The molecule has 116 valence electrons. The van der Waals surface area contributed by atoms with Gasteiger partial charge in [-0.2, -0.15) is 4.90 Å². The summed E-state index contributed by atoms with van der Waals surface area (Å²) in [5.41, 5.74) is 4.04. The Bertz CT molecular complexity index is 643. The maximum absolute atomic E-state index is 5.43. The van der Waals surface area contributed by atoms with Crippen molar-refractivity contribution in [2.45, 2.75) is 11.8 Å². The zero-order chi connectivity index (χ0) is 16.5. The van der Waals surface area contributed by atoms with Crippen LogP contribution >= 0.6 is 39.1 Å². The van der Waals surface area contributed by atoms with Crippen LogP contribution in [0.2, 0.25) is 0 Å². The van der Waals surface area contributed by atoms with Gasteiger partial charge in [-0.05, 0) is 35.7 Å². The molecule has 0 unspecified atom stereocenters. The van der Waals surface area contributed by atoms with Crippen molar-refractivity contribution in [2.24, 2.45) is 4.99 Å².